The van der Waals surface area contributed by atoms with Crippen molar-refractivity contribution in [3.63, 3.8) is 0 Å². The Bertz CT molecular complexity index is 330. The molecular weight excluding hydrogens is 216 g/mol. The lowest BCUT2D eigenvalue weighted by molar-refractivity contribution is 0.232. The third-order valence-electron chi connectivity index (χ3n) is 2.36. The number of ether oxygens (including phenoxy) is 1. The van der Waals surface area contributed by atoms with Gasteiger partial charge in [-0.05, 0) is 33.2 Å². The van der Waals surface area contributed by atoms with Gasteiger partial charge < -0.3 is 15.8 Å². The molecule has 5 heteroatoms. The minimum absolute atomic E-state index is 0.115. The zero-order valence-electron chi connectivity index (χ0n) is 10.8. The van der Waals surface area contributed by atoms with Gasteiger partial charge >= 0.3 is 0 Å². The summed E-state index contributed by atoms with van der Waals surface area (Å²) in [5, 5.41) is 3.33. The van der Waals surface area contributed by atoms with Crippen LogP contribution in [0.5, 0.6) is 5.88 Å². The summed E-state index contributed by atoms with van der Waals surface area (Å²) in [6.07, 6.45) is 3.57. The highest BCUT2D eigenvalue weighted by Gasteiger charge is 2.07. The van der Waals surface area contributed by atoms with Gasteiger partial charge in [-0.25, -0.2) is 9.97 Å². The number of hydrogen-bond donors (Lipinski definition) is 2. The van der Waals surface area contributed by atoms with Crippen LogP contribution in [-0.2, 0) is 0 Å². The Labute approximate surface area is 103 Å². The maximum Gasteiger partial charge on any atom is 0.218 e. The summed E-state index contributed by atoms with van der Waals surface area (Å²) < 4.78 is 5.51. The van der Waals surface area contributed by atoms with Crippen molar-refractivity contribution in [3.8, 4) is 5.88 Å². The SMILES string of the molecule is CCC(CCN)Nc1cc(OC(C)C)ncn1. The lowest BCUT2D eigenvalue weighted by atomic mass is 10.1. The predicted octanol–water partition coefficient (Wildman–Crippen LogP) is 1.80. The summed E-state index contributed by atoms with van der Waals surface area (Å²) in [4.78, 5) is 8.23. The fourth-order valence-electron chi connectivity index (χ4n) is 1.51. The van der Waals surface area contributed by atoms with Gasteiger partial charge in [-0.15, -0.1) is 0 Å². The second-order valence-electron chi connectivity index (χ2n) is 4.23. The van der Waals surface area contributed by atoms with Crippen molar-refractivity contribution in [1.82, 2.24) is 9.97 Å². The van der Waals surface area contributed by atoms with E-state index in [0.29, 0.717) is 18.5 Å². The molecule has 1 rings (SSSR count). The fraction of sp³-hybridized carbons (Fsp3) is 0.667. The molecular formula is C12H22N4O. The van der Waals surface area contributed by atoms with E-state index in [9.17, 15) is 0 Å². The zero-order chi connectivity index (χ0) is 12.7. The normalized spacial score (nSPS) is 12.5. The average Bonchev–Trinajstić information content (AvgIpc) is 2.28. The summed E-state index contributed by atoms with van der Waals surface area (Å²) in [5.74, 6) is 1.39. The van der Waals surface area contributed by atoms with Crippen LogP contribution in [0.25, 0.3) is 0 Å². The number of nitrogens with zero attached hydrogens (tertiary/aromatic N) is 2. The van der Waals surface area contributed by atoms with Crippen LogP contribution in [0.3, 0.4) is 0 Å². The van der Waals surface area contributed by atoms with Gasteiger partial charge in [-0.2, -0.15) is 0 Å². The van der Waals surface area contributed by atoms with Gasteiger partial charge in [-0.1, -0.05) is 6.92 Å². The van der Waals surface area contributed by atoms with Gasteiger partial charge in [0.1, 0.15) is 12.1 Å². The number of anilines is 1. The Kier molecular flexibility index (Phi) is 5.69. The highest BCUT2D eigenvalue weighted by atomic mass is 16.5. The van der Waals surface area contributed by atoms with Crippen LogP contribution in [0.2, 0.25) is 0 Å². The fourth-order valence-corrected chi connectivity index (χ4v) is 1.51. The topological polar surface area (TPSA) is 73.1 Å². The van der Waals surface area contributed by atoms with Gasteiger partial charge in [0.05, 0.1) is 6.10 Å². The molecule has 1 atom stereocenters. The van der Waals surface area contributed by atoms with Crippen molar-refractivity contribution >= 4 is 5.82 Å². The molecule has 0 aromatic carbocycles. The van der Waals surface area contributed by atoms with E-state index >= 15 is 0 Å². The van der Waals surface area contributed by atoms with Crippen LogP contribution < -0.4 is 15.8 Å². The monoisotopic (exact) mass is 238 g/mol. The maximum absolute atomic E-state index is 5.56. The smallest absolute Gasteiger partial charge is 0.218 e. The lowest BCUT2D eigenvalue weighted by Gasteiger charge is -2.17. The molecule has 1 aromatic heterocycles. The minimum Gasteiger partial charge on any atom is -0.475 e. The quantitative estimate of drug-likeness (QED) is 0.757. The Balaban J connectivity index is 2.63. The molecule has 1 aromatic rings. The maximum atomic E-state index is 5.56. The molecule has 0 aliphatic carbocycles. The molecule has 0 aliphatic heterocycles. The molecule has 0 saturated carbocycles. The van der Waals surface area contributed by atoms with Crippen molar-refractivity contribution in [2.24, 2.45) is 5.73 Å². The summed E-state index contributed by atoms with van der Waals surface area (Å²) in [6, 6.07) is 2.17. The van der Waals surface area contributed by atoms with Crippen LogP contribution in [0.4, 0.5) is 5.82 Å². The van der Waals surface area contributed by atoms with Gasteiger partial charge in [0.2, 0.25) is 5.88 Å². The highest BCUT2D eigenvalue weighted by Crippen LogP contribution is 2.14. The van der Waals surface area contributed by atoms with E-state index in [4.69, 9.17) is 10.5 Å². The van der Waals surface area contributed by atoms with E-state index in [1.54, 1.807) is 0 Å². The molecule has 1 unspecified atom stereocenters. The van der Waals surface area contributed by atoms with Crippen molar-refractivity contribution in [1.29, 1.82) is 0 Å². The summed E-state index contributed by atoms with van der Waals surface area (Å²) in [5.41, 5.74) is 5.56. The van der Waals surface area contributed by atoms with Crippen LogP contribution in [0, 0.1) is 0 Å². The molecule has 5 nitrogen and oxygen atoms in total. The second-order valence-corrected chi connectivity index (χ2v) is 4.23. The van der Waals surface area contributed by atoms with E-state index in [1.807, 2.05) is 19.9 Å². The summed E-state index contributed by atoms with van der Waals surface area (Å²) in [7, 11) is 0. The van der Waals surface area contributed by atoms with E-state index in [0.717, 1.165) is 18.7 Å². The number of hydrogen-bond acceptors (Lipinski definition) is 5. The lowest BCUT2D eigenvalue weighted by Crippen LogP contribution is -2.22. The third kappa shape index (κ3) is 4.99. The Morgan fingerprint density at radius 2 is 2.18 bits per heavy atom. The first-order valence-corrected chi connectivity index (χ1v) is 6.11. The number of rotatable bonds is 7. The first-order valence-electron chi connectivity index (χ1n) is 6.11. The van der Waals surface area contributed by atoms with Crippen molar-refractivity contribution in [2.75, 3.05) is 11.9 Å². The molecule has 0 fully saturated rings. The molecule has 3 N–H and O–H groups in total. The van der Waals surface area contributed by atoms with Crippen LogP contribution in [-0.4, -0.2) is 28.7 Å². The van der Waals surface area contributed by atoms with Gasteiger partial charge in [0, 0.05) is 12.1 Å². The third-order valence-corrected chi connectivity index (χ3v) is 2.36. The average molecular weight is 238 g/mol. The van der Waals surface area contributed by atoms with Crippen molar-refractivity contribution < 1.29 is 4.74 Å². The number of nitrogens with two attached hydrogens (primary N) is 1. The molecule has 17 heavy (non-hydrogen) atoms. The molecule has 0 aliphatic rings. The van der Waals surface area contributed by atoms with Crippen molar-refractivity contribution in [2.45, 2.75) is 45.8 Å². The summed E-state index contributed by atoms with van der Waals surface area (Å²) >= 11 is 0. The van der Waals surface area contributed by atoms with E-state index in [2.05, 4.69) is 22.2 Å². The van der Waals surface area contributed by atoms with Gasteiger partial charge in [-0.3, -0.25) is 0 Å². The van der Waals surface area contributed by atoms with Gasteiger partial charge in [0.15, 0.2) is 0 Å². The Morgan fingerprint density at radius 1 is 1.41 bits per heavy atom. The first-order chi connectivity index (χ1) is 8.15. The molecule has 0 amide bonds. The molecule has 0 saturated heterocycles. The van der Waals surface area contributed by atoms with E-state index in [-0.39, 0.29) is 6.10 Å². The number of nitrogens with one attached hydrogen (secondary N) is 1. The van der Waals surface area contributed by atoms with E-state index in [1.165, 1.54) is 6.33 Å². The highest BCUT2D eigenvalue weighted by molar-refractivity contribution is 5.38. The van der Waals surface area contributed by atoms with Crippen LogP contribution >= 0.6 is 0 Å². The molecule has 0 spiro atoms. The molecule has 1 heterocycles. The zero-order valence-corrected chi connectivity index (χ0v) is 10.8. The minimum atomic E-state index is 0.115. The Morgan fingerprint density at radius 3 is 2.76 bits per heavy atom. The van der Waals surface area contributed by atoms with Crippen LogP contribution in [0.15, 0.2) is 12.4 Å². The Hall–Kier alpha value is -1.36. The summed E-state index contributed by atoms with van der Waals surface area (Å²) in [6.45, 7) is 6.74. The molecule has 0 radical (unpaired) electrons. The second kappa shape index (κ2) is 7.06. The van der Waals surface area contributed by atoms with Crippen molar-refractivity contribution in [3.05, 3.63) is 12.4 Å². The van der Waals surface area contributed by atoms with Gasteiger partial charge in [0.25, 0.3) is 0 Å². The largest absolute Gasteiger partial charge is 0.475 e. The first kappa shape index (κ1) is 13.7. The molecule has 96 valence electrons. The standard InChI is InChI=1S/C12H22N4O/c1-4-10(5-6-13)16-11-7-12(15-8-14-11)17-9(2)3/h7-10H,4-6,13H2,1-3H3,(H,14,15,16). The van der Waals surface area contributed by atoms with E-state index < -0.39 is 0 Å². The predicted molar refractivity (Wildman–Crippen MR) is 69.2 cm³/mol. The molecule has 0 bridgehead atoms. The van der Waals surface area contributed by atoms with Crippen LogP contribution in [0.1, 0.15) is 33.6 Å². The number of aromatic nitrogens is 2.